The van der Waals surface area contributed by atoms with E-state index in [1.54, 1.807) is 0 Å². The highest BCUT2D eigenvalue weighted by atomic mass is 32.1. The maximum atomic E-state index is 12.8. The van der Waals surface area contributed by atoms with Gasteiger partial charge in [0.1, 0.15) is 18.1 Å². The highest BCUT2D eigenvalue weighted by molar-refractivity contribution is 7.80. The van der Waals surface area contributed by atoms with Crippen molar-refractivity contribution in [3.05, 3.63) is 0 Å². The second-order valence-corrected chi connectivity index (χ2v) is 8.06. The minimum Gasteiger partial charge on any atom is -0.481 e. The molecular formula is C19H34N8O8S. The molecule has 36 heavy (non-hydrogen) atoms. The maximum absolute atomic E-state index is 12.8. The summed E-state index contributed by atoms with van der Waals surface area (Å²) in [6, 6.07) is -5.21. The van der Waals surface area contributed by atoms with Crippen LogP contribution < -0.4 is 38.9 Å². The van der Waals surface area contributed by atoms with E-state index >= 15 is 0 Å². The molecule has 0 fully saturated rings. The molecule has 0 aromatic heterocycles. The summed E-state index contributed by atoms with van der Waals surface area (Å²) in [5.41, 5.74) is 21.2. The van der Waals surface area contributed by atoms with Crippen LogP contribution in [0.4, 0.5) is 0 Å². The van der Waals surface area contributed by atoms with Crippen LogP contribution in [-0.2, 0) is 28.8 Å². The second-order valence-electron chi connectivity index (χ2n) is 7.70. The molecule has 17 heteroatoms. The van der Waals surface area contributed by atoms with E-state index in [-0.39, 0.29) is 43.9 Å². The largest absolute Gasteiger partial charge is 0.481 e. The summed E-state index contributed by atoms with van der Waals surface area (Å²) in [6.07, 6.45) is -0.845. The van der Waals surface area contributed by atoms with Crippen LogP contribution in [0, 0.1) is 0 Å². The van der Waals surface area contributed by atoms with Gasteiger partial charge in [0.25, 0.3) is 0 Å². The number of guanidine groups is 1. The molecule has 16 nitrogen and oxygen atoms in total. The summed E-state index contributed by atoms with van der Waals surface area (Å²) in [5, 5.41) is 25.0. The average molecular weight is 535 g/mol. The van der Waals surface area contributed by atoms with E-state index in [9.17, 15) is 33.9 Å². The summed E-state index contributed by atoms with van der Waals surface area (Å²) >= 11 is 3.98. The summed E-state index contributed by atoms with van der Waals surface area (Å²) in [7, 11) is 0. The molecule has 0 aliphatic rings. The fraction of sp³-hybridized carbons (Fsp3) is 0.632. The van der Waals surface area contributed by atoms with Crippen LogP contribution in [0.1, 0.15) is 38.5 Å². The van der Waals surface area contributed by atoms with Gasteiger partial charge in [-0.25, -0.2) is 4.79 Å². The minimum atomic E-state index is -1.45. The standard InChI is InChI=1S/C19H34N8O8S/c20-9(2-1-7-24-19(22)23)15(31)25-10(4-6-14(29)30)16(32)27-12(8-36)17(33)26-11(18(34)35)3-5-13(21)28/h9-12,36H,1-8,20H2,(H2,21,28)(H,25,31)(H,26,33)(H,27,32)(H,29,30)(H,34,35)(H4,22,23,24). The molecule has 204 valence electrons. The lowest BCUT2D eigenvalue weighted by molar-refractivity contribution is -0.142. The summed E-state index contributed by atoms with van der Waals surface area (Å²) < 4.78 is 0. The van der Waals surface area contributed by atoms with Crippen LogP contribution in [0.3, 0.4) is 0 Å². The molecule has 4 atom stereocenters. The van der Waals surface area contributed by atoms with Crippen molar-refractivity contribution in [3.8, 4) is 0 Å². The Balaban J connectivity index is 5.25. The van der Waals surface area contributed by atoms with Gasteiger partial charge < -0.3 is 49.1 Å². The van der Waals surface area contributed by atoms with Crippen molar-refractivity contribution in [3.63, 3.8) is 0 Å². The third-order valence-electron chi connectivity index (χ3n) is 4.69. The van der Waals surface area contributed by atoms with Crippen LogP contribution in [-0.4, -0.2) is 88.2 Å². The number of aliphatic imine (C=N–C) groups is 1. The number of carbonyl (C=O) groups is 6. The molecule has 0 saturated carbocycles. The van der Waals surface area contributed by atoms with Gasteiger partial charge >= 0.3 is 11.9 Å². The first kappa shape index (κ1) is 32.4. The number of hydrogen-bond acceptors (Lipinski definition) is 9. The normalized spacial score (nSPS) is 13.8. The fourth-order valence-electron chi connectivity index (χ4n) is 2.75. The summed E-state index contributed by atoms with van der Waals surface area (Å²) in [4.78, 5) is 74.7. The first-order valence-electron chi connectivity index (χ1n) is 10.8. The Morgan fingerprint density at radius 2 is 1.31 bits per heavy atom. The van der Waals surface area contributed by atoms with Crippen molar-refractivity contribution in [2.45, 2.75) is 62.7 Å². The summed E-state index contributed by atoms with van der Waals surface area (Å²) in [5.74, 6) is -6.37. The minimum absolute atomic E-state index is 0.122. The lowest BCUT2D eigenvalue weighted by atomic mass is 10.1. The van der Waals surface area contributed by atoms with E-state index in [2.05, 4.69) is 33.6 Å². The topological polar surface area (TPSA) is 295 Å². The van der Waals surface area contributed by atoms with Gasteiger partial charge in [-0.2, -0.15) is 12.6 Å². The highest BCUT2D eigenvalue weighted by Crippen LogP contribution is 2.04. The molecular weight excluding hydrogens is 500 g/mol. The van der Waals surface area contributed by atoms with E-state index in [4.69, 9.17) is 28.0 Å². The molecule has 0 bridgehead atoms. The van der Waals surface area contributed by atoms with Crippen molar-refractivity contribution in [2.24, 2.45) is 27.9 Å². The van der Waals surface area contributed by atoms with Crippen molar-refractivity contribution in [2.75, 3.05) is 12.3 Å². The zero-order chi connectivity index (χ0) is 27.8. The van der Waals surface area contributed by atoms with Gasteiger partial charge in [-0.15, -0.1) is 0 Å². The van der Waals surface area contributed by atoms with Gasteiger partial charge in [-0.05, 0) is 25.7 Å². The maximum Gasteiger partial charge on any atom is 0.326 e. The lowest BCUT2D eigenvalue weighted by Gasteiger charge is -2.24. The predicted octanol–water partition coefficient (Wildman–Crippen LogP) is -4.03. The van der Waals surface area contributed by atoms with Crippen molar-refractivity contribution < 1.29 is 39.0 Å². The Labute approximate surface area is 212 Å². The Bertz CT molecular complexity index is 836. The zero-order valence-electron chi connectivity index (χ0n) is 19.5. The number of hydrogen-bond donors (Lipinski definition) is 10. The van der Waals surface area contributed by atoms with Crippen LogP contribution in [0.5, 0.6) is 0 Å². The van der Waals surface area contributed by atoms with Crippen LogP contribution >= 0.6 is 12.6 Å². The number of nitrogens with two attached hydrogens (primary N) is 4. The molecule has 0 aromatic carbocycles. The molecule has 0 aromatic rings. The van der Waals surface area contributed by atoms with E-state index < -0.39 is 66.2 Å². The molecule has 0 spiro atoms. The Kier molecular flexibility index (Phi) is 15.2. The van der Waals surface area contributed by atoms with Crippen molar-refractivity contribution in [1.82, 2.24) is 16.0 Å². The second kappa shape index (κ2) is 16.9. The molecule has 0 aliphatic heterocycles. The quantitative estimate of drug-likeness (QED) is 0.0349. The van der Waals surface area contributed by atoms with Crippen molar-refractivity contribution in [1.29, 1.82) is 0 Å². The lowest BCUT2D eigenvalue weighted by Crippen LogP contribution is -2.57. The average Bonchev–Trinajstić information content (AvgIpc) is 2.79. The van der Waals surface area contributed by atoms with Crippen molar-refractivity contribution >= 4 is 54.2 Å². The SMILES string of the molecule is NC(=O)CCC(NC(=O)C(CS)NC(=O)C(CCC(=O)O)NC(=O)C(N)CCCN=C(N)N)C(=O)O. The third-order valence-corrected chi connectivity index (χ3v) is 5.06. The van der Waals surface area contributed by atoms with Gasteiger partial charge in [0.05, 0.1) is 6.04 Å². The summed E-state index contributed by atoms with van der Waals surface area (Å²) in [6.45, 7) is 0.224. The Morgan fingerprint density at radius 1 is 0.778 bits per heavy atom. The molecule has 0 saturated heterocycles. The first-order valence-corrected chi connectivity index (χ1v) is 11.5. The van der Waals surface area contributed by atoms with Gasteiger partial charge in [-0.1, -0.05) is 0 Å². The van der Waals surface area contributed by atoms with Gasteiger partial charge in [-0.3, -0.25) is 29.0 Å². The van der Waals surface area contributed by atoms with E-state index in [0.29, 0.717) is 6.42 Å². The van der Waals surface area contributed by atoms with E-state index in [1.165, 1.54) is 0 Å². The fourth-order valence-corrected chi connectivity index (χ4v) is 3.01. The van der Waals surface area contributed by atoms with Gasteiger partial charge in [0.15, 0.2) is 5.96 Å². The van der Waals surface area contributed by atoms with E-state index in [0.717, 1.165) is 0 Å². The molecule has 0 rings (SSSR count). The number of nitrogens with zero attached hydrogens (tertiary/aromatic N) is 1. The van der Waals surface area contributed by atoms with Crippen LogP contribution in [0.15, 0.2) is 4.99 Å². The number of aliphatic carboxylic acids is 2. The molecule has 4 amide bonds. The number of carbonyl (C=O) groups excluding carboxylic acids is 4. The number of nitrogens with one attached hydrogen (secondary N) is 3. The van der Waals surface area contributed by atoms with E-state index in [1.807, 2.05) is 0 Å². The number of carboxylic acid groups (broad SMARTS) is 2. The number of thiol groups is 1. The number of carboxylic acids is 2. The smallest absolute Gasteiger partial charge is 0.326 e. The highest BCUT2D eigenvalue weighted by Gasteiger charge is 2.30. The van der Waals surface area contributed by atoms with Gasteiger partial charge in [0, 0.05) is 25.1 Å². The van der Waals surface area contributed by atoms with Gasteiger partial charge in [0.2, 0.25) is 23.6 Å². The van der Waals surface area contributed by atoms with Crippen LogP contribution in [0.25, 0.3) is 0 Å². The third kappa shape index (κ3) is 14.0. The predicted molar refractivity (Wildman–Crippen MR) is 130 cm³/mol. The molecule has 0 radical (unpaired) electrons. The zero-order valence-corrected chi connectivity index (χ0v) is 20.4. The first-order chi connectivity index (χ1) is 16.8. The number of rotatable bonds is 18. The monoisotopic (exact) mass is 534 g/mol. The Hall–Kier alpha value is -3.60. The number of amides is 4. The molecule has 0 aliphatic carbocycles. The van der Waals surface area contributed by atoms with Crippen LogP contribution in [0.2, 0.25) is 0 Å². The Morgan fingerprint density at radius 3 is 1.81 bits per heavy atom. The molecule has 4 unspecified atom stereocenters. The molecule has 13 N–H and O–H groups in total. The number of primary amides is 1. The molecule has 0 heterocycles.